The van der Waals surface area contributed by atoms with Crippen LogP contribution in [0.1, 0.15) is 26.2 Å². The first-order valence-electron chi connectivity index (χ1n) is 4.12. The third-order valence-corrected chi connectivity index (χ3v) is 4.19. The minimum atomic E-state index is 0.130. The number of rotatable bonds is 4. The van der Waals surface area contributed by atoms with Crippen molar-refractivity contribution in [1.82, 2.24) is 0 Å². The highest BCUT2D eigenvalue weighted by atomic mass is 127. The van der Waals surface area contributed by atoms with Crippen molar-refractivity contribution in [2.45, 2.75) is 35.8 Å². The Bertz CT molecular complexity index is 142. The van der Waals surface area contributed by atoms with E-state index in [0.29, 0.717) is 12.0 Å². The van der Waals surface area contributed by atoms with E-state index < -0.39 is 0 Å². The Morgan fingerprint density at radius 1 is 1.82 bits per heavy atom. The van der Waals surface area contributed by atoms with Crippen LogP contribution in [0.15, 0.2) is 0 Å². The average Bonchev–Trinajstić information content (AvgIpc) is 2.63. The Balaban J connectivity index is 2.22. The zero-order valence-electron chi connectivity index (χ0n) is 7.14. The van der Waals surface area contributed by atoms with Gasteiger partial charge in [-0.25, -0.2) is 0 Å². The second kappa shape index (κ2) is 3.58. The number of hydrogen-bond acceptors (Lipinski definition) is 2. The van der Waals surface area contributed by atoms with Crippen molar-refractivity contribution in [3.05, 3.63) is 0 Å². The highest BCUT2D eigenvalue weighted by Crippen LogP contribution is 2.54. The molecule has 11 heavy (non-hydrogen) atoms. The minimum absolute atomic E-state index is 0.130. The molecule has 1 fully saturated rings. The monoisotopic (exact) mass is 269 g/mol. The number of methoxy groups -OCH3 is 1. The summed E-state index contributed by atoms with van der Waals surface area (Å²) < 4.78 is 5.47. The highest BCUT2D eigenvalue weighted by molar-refractivity contribution is 14.1. The summed E-state index contributed by atoms with van der Waals surface area (Å²) in [4.78, 5) is 0. The summed E-state index contributed by atoms with van der Waals surface area (Å²) in [6.45, 7) is 2.13. The largest absolute Gasteiger partial charge is 0.368 e. The lowest BCUT2D eigenvalue weighted by Crippen LogP contribution is -2.21. The fourth-order valence-electron chi connectivity index (χ4n) is 1.32. The zero-order chi connectivity index (χ0) is 8.48. The van der Waals surface area contributed by atoms with E-state index in [1.165, 1.54) is 6.42 Å². The summed E-state index contributed by atoms with van der Waals surface area (Å²) in [6.07, 6.45) is 3.37. The predicted molar refractivity (Wildman–Crippen MR) is 54.8 cm³/mol. The molecule has 3 atom stereocenters. The predicted octanol–water partition coefficient (Wildman–Crippen LogP) is 1.91. The van der Waals surface area contributed by atoms with Gasteiger partial charge in [0.1, 0.15) is 3.61 Å². The molecule has 0 aliphatic heterocycles. The molecule has 3 unspecified atom stereocenters. The van der Waals surface area contributed by atoms with E-state index in [1.54, 1.807) is 7.11 Å². The summed E-state index contributed by atoms with van der Waals surface area (Å²) in [5.74, 6) is 0.697. The lowest BCUT2D eigenvalue weighted by Gasteiger charge is -2.10. The molecule has 2 N–H and O–H groups in total. The molecule has 0 saturated heterocycles. The second-order valence-electron chi connectivity index (χ2n) is 3.30. The Morgan fingerprint density at radius 2 is 2.45 bits per heavy atom. The lowest BCUT2D eigenvalue weighted by molar-refractivity contribution is 0.152. The third kappa shape index (κ3) is 2.29. The van der Waals surface area contributed by atoms with Gasteiger partial charge in [0.05, 0.1) is 0 Å². The Labute approximate surface area is 82.0 Å². The number of ether oxygens (including phenoxy) is 1. The van der Waals surface area contributed by atoms with Gasteiger partial charge in [-0.15, -0.1) is 0 Å². The van der Waals surface area contributed by atoms with Gasteiger partial charge in [-0.3, -0.25) is 0 Å². The Morgan fingerprint density at radius 3 is 2.82 bits per heavy atom. The number of alkyl halides is 1. The van der Waals surface area contributed by atoms with Crippen LogP contribution < -0.4 is 5.73 Å². The smallest absolute Gasteiger partial charge is 0.122 e. The SMILES string of the molecule is CCC(N)CC1CC1(I)OC. The standard InChI is InChI=1S/C8H16INO/c1-3-7(10)4-6-5-8(6,9)11-2/h6-7H,3-5,10H2,1-2H3. The van der Waals surface area contributed by atoms with Crippen molar-refractivity contribution in [3.63, 3.8) is 0 Å². The molecule has 66 valence electrons. The van der Waals surface area contributed by atoms with E-state index in [2.05, 4.69) is 29.5 Å². The maximum atomic E-state index is 5.83. The van der Waals surface area contributed by atoms with Crippen molar-refractivity contribution < 1.29 is 4.74 Å². The van der Waals surface area contributed by atoms with Crippen LogP contribution in [-0.2, 0) is 4.74 Å². The third-order valence-electron chi connectivity index (χ3n) is 2.43. The van der Waals surface area contributed by atoms with E-state index in [0.717, 1.165) is 12.8 Å². The zero-order valence-corrected chi connectivity index (χ0v) is 9.30. The Hall–Kier alpha value is 0.650. The topological polar surface area (TPSA) is 35.2 Å². The summed E-state index contributed by atoms with van der Waals surface area (Å²) in [7, 11) is 1.78. The average molecular weight is 269 g/mol. The van der Waals surface area contributed by atoms with Gasteiger partial charge < -0.3 is 10.5 Å². The van der Waals surface area contributed by atoms with Crippen LogP contribution in [0.5, 0.6) is 0 Å². The summed E-state index contributed by atoms with van der Waals surface area (Å²) in [5.41, 5.74) is 5.83. The van der Waals surface area contributed by atoms with Crippen LogP contribution in [0.25, 0.3) is 0 Å². The fourth-order valence-corrected chi connectivity index (χ4v) is 2.10. The highest BCUT2D eigenvalue weighted by Gasteiger charge is 2.52. The molecule has 0 aromatic rings. The Kier molecular flexibility index (Phi) is 3.17. The quantitative estimate of drug-likeness (QED) is 0.625. The summed E-state index contributed by atoms with van der Waals surface area (Å²) in [5, 5.41) is 0. The van der Waals surface area contributed by atoms with E-state index >= 15 is 0 Å². The molecule has 2 nitrogen and oxygen atoms in total. The van der Waals surface area contributed by atoms with Crippen LogP contribution >= 0.6 is 22.6 Å². The molecule has 0 radical (unpaired) electrons. The molecule has 0 spiro atoms. The van der Waals surface area contributed by atoms with Gasteiger partial charge in [-0.1, -0.05) is 6.92 Å². The van der Waals surface area contributed by atoms with E-state index in [1.807, 2.05) is 0 Å². The molecule has 1 saturated carbocycles. The molecule has 0 amide bonds. The number of hydrogen-bond donors (Lipinski definition) is 1. The number of nitrogens with two attached hydrogens (primary N) is 1. The van der Waals surface area contributed by atoms with E-state index in [9.17, 15) is 0 Å². The van der Waals surface area contributed by atoms with Gasteiger partial charge >= 0.3 is 0 Å². The molecule has 1 aliphatic rings. The first-order valence-corrected chi connectivity index (χ1v) is 5.20. The first-order chi connectivity index (χ1) is 5.12. The molecule has 1 rings (SSSR count). The van der Waals surface area contributed by atoms with Crippen molar-refractivity contribution in [3.8, 4) is 0 Å². The van der Waals surface area contributed by atoms with Gasteiger partial charge in [0.25, 0.3) is 0 Å². The van der Waals surface area contributed by atoms with Crippen LogP contribution in [0, 0.1) is 5.92 Å². The number of halogens is 1. The van der Waals surface area contributed by atoms with E-state index in [4.69, 9.17) is 10.5 Å². The molecular weight excluding hydrogens is 253 g/mol. The maximum Gasteiger partial charge on any atom is 0.122 e. The van der Waals surface area contributed by atoms with E-state index in [-0.39, 0.29) is 3.61 Å². The molecule has 0 aromatic heterocycles. The first kappa shape index (κ1) is 9.74. The second-order valence-corrected chi connectivity index (χ2v) is 5.12. The van der Waals surface area contributed by atoms with Crippen LogP contribution in [0.4, 0.5) is 0 Å². The van der Waals surface area contributed by atoms with Gasteiger partial charge in [-0.2, -0.15) is 0 Å². The molecule has 0 aromatic carbocycles. The summed E-state index contributed by atoms with van der Waals surface area (Å²) in [6, 6.07) is 0.367. The molecular formula is C8H16INO. The lowest BCUT2D eigenvalue weighted by atomic mass is 10.1. The van der Waals surface area contributed by atoms with Gasteiger partial charge in [0.15, 0.2) is 0 Å². The van der Waals surface area contributed by atoms with Crippen molar-refractivity contribution in [2.24, 2.45) is 11.7 Å². The van der Waals surface area contributed by atoms with Crippen LogP contribution in [0.2, 0.25) is 0 Å². The van der Waals surface area contributed by atoms with Crippen LogP contribution in [-0.4, -0.2) is 16.8 Å². The van der Waals surface area contributed by atoms with Crippen molar-refractivity contribution in [1.29, 1.82) is 0 Å². The van der Waals surface area contributed by atoms with Crippen molar-refractivity contribution >= 4 is 22.6 Å². The fraction of sp³-hybridized carbons (Fsp3) is 1.00. The van der Waals surface area contributed by atoms with Gasteiger partial charge in [-0.05, 0) is 41.9 Å². The van der Waals surface area contributed by atoms with Gasteiger partial charge in [0.2, 0.25) is 0 Å². The molecule has 0 heterocycles. The molecule has 3 heteroatoms. The molecule has 1 aliphatic carbocycles. The maximum absolute atomic E-state index is 5.83. The van der Waals surface area contributed by atoms with Crippen LogP contribution in [0.3, 0.4) is 0 Å². The normalized spacial score (nSPS) is 38.7. The molecule has 0 bridgehead atoms. The van der Waals surface area contributed by atoms with Gasteiger partial charge in [0, 0.05) is 19.1 Å². The summed E-state index contributed by atoms with van der Waals surface area (Å²) >= 11 is 2.39. The van der Waals surface area contributed by atoms with Crippen molar-refractivity contribution in [2.75, 3.05) is 7.11 Å². The minimum Gasteiger partial charge on any atom is -0.368 e.